The summed E-state index contributed by atoms with van der Waals surface area (Å²) in [5, 5.41) is 9.50. The van der Waals surface area contributed by atoms with E-state index in [4.69, 9.17) is 15.0 Å². The van der Waals surface area contributed by atoms with Crippen molar-refractivity contribution in [2.45, 2.75) is 37.4 Å². The average molecular weight is 522 g/mol. The van der Waals surface area contributed by atoms with Crippen LogP contribution in [0.3, 0.4) is 0 Å². The summed E-state index contributed by atoms with van der Waals surface area (Å²) >= 11 is 0. The first-order valence-corrected chi connectivity index (χ1v) is 12.6. The van der Waals surface area contributed by atoms with E-state index < -0.39 is 32.6 Å². The molecular formula is C27H31F3NO4P. The van der Waals surface area contributed by atoms with Gasteiger partial charge in [0.15, 0.2) is 8.69 Å². The number of halogens is 3. The SMILES string of the molecule is NC(CO)(CCc1ccc(OCCCc2cccc(-c3ccccc3)c2)c(C(F)(F)F)c1)CO[PH2]=O. The van der Waals surface area contributed by atoms with Crippen molar-refractivity contribution in [1.82, 2.24) is 0 Å². The van der Waals surface area contributed by atoms with Gasteiger partial charge in [-0.3, -0.25) is 4.57 Å². The van der Waals surface area contributed by atoms with Gasteiger partial charge in [-0.1, -0.05) is 60.7 Å². The predicted octanol–water partition coefficient (Wildman–Crippen LogP) is 5.69. The lowest BCUT2D eigenvalue weighted by molar-refractivity contribution is -0.139. The number of rotatable bonds is 13. The first-order valence-electron chi connectivity index (χ1n) is 11.7. The van der Waals surface area contributed by atoms with Crippen molar-refractivity contribution in [3.8, 4) is 16.9 Å². The third-order valence-corrected chi connectivity index (χ3v) is 6.22. The van der Waals surface area contributed by atoms with E-state index in [-0.39, 0.29) is 31.8 Å². The molecule has 0 amide bonds. The van der Waals surface area contributed by atoms with Crippen molar-refractivity contribution < 1.29 is 32.1 Å². The van der Waals surface area contributed by atoms with Gasteiger partial charge in [-0.15, -0.1) is 0 Å². The van der Waals surface area contributed by atoms with E-state index in [1.165, 1.54) is 6.07 Å². The van der Waals surface area contributed by atoms with Crippen molar-refractivity contribution >= 4 is 8.69 Å². The summed E-state index contributed by atoms with van der Waals surface area (Å²) < 4.78 is 62.1. The van der Waals surface area contributed by atoms with Crippen molar-refractivity contribution in [2.24, 2.45) is 5.73 Å². The molecule has 0 heterocycles. The Labute approximate surface area is 210 Å². The van der Waals surface area contributed by atoms with Crippen LogP contribution in [0, 0.1) is 0 Å². The van der Waals surface area contributed by atoms with Crippen LogP contribution in [0.4, 0.5) is 13.2 Å². The van der Waals surface area contributed by atoms with Crippen LogP contribution in [-0.4, -0.2) is 30.5 Å². The molecule has 5 nitrogen and oxygen atoms in total. The van der Waals surface area contributed by atoms with Crippen LogP contribution in [0.1, 0.15) is 29.5 Å². The molecule has 3 rings (SSSR count). The van der Waals surface area contributed by atoms with Crippen LogP contribution in [-0.2, 0) is 28.1 Å². The lowest BCUT2D eigenvalue weighted by atomic mass is 9.93. The van der Waals surface area contributed by atoms with E-state index in [2.05, 4.69) is 6.07 Å². The molecule has 0 fully saturated rings. The molecule has 0 aliphatic heterocycles. The van der Waals surface area contributed by atoms with Gasteiger partial charge in [-0.25, -0.2) is 0 Å². The number of nitrogens with two attached hydrogens (primary N) is 1. The van der Waals surface area contributed by atoms with Gasteiger partial charge in [0.25, 0.3) is 0 Å². The summed E-state index contributed by atoms with van der Waals surface area (Å²) in [5.74, 6) is -0.219. The summed E-state index contributed by atoms with van der Waals surface area (Å²) in [6, 6.07) is 22.0. The van der Waals surface area contributed by atoms with E-state index in [0.717, 1.165) is 22.8 Å². The molecule has 0 aliphatic carbocycles. The summed E-state index contributed by atoms with van der Waals surface area (Å²) in [5.41, 5.74) is 7.67. The average Bonchev–Trinajstić information content (AvgIpc) is 2.89. The Morgan fingerprint density at radius 1 is 0.889 bits per heavy atom. The van der Waals surface area contributed by atoms with Crippen LogP contribution >= 0.6 is 8.69 Å². The number of hydrogen-bond donors (Lipinski definition) is 2. The molecule has 0 saturated carbocycles. The predicted molar refractivity (Wildman–Crippen MR) is 136 cm³/mol. The van der Waals surface area contributed by atoms with Crippen molar-refractivity contribution in [2.75, 3.05) is 19.8 Å². The fourth-order valence-corrected chi connectivity index (χ4v) is 4.27. The molecule has 0 spiro atoms. The Bertz CT molecular complexity index is 1130. The third-order valence-electron chi connectivity index (χ3n) is 5.92. The summed E-state index contributed by atoms with van der Waals surface area (Å²) in [6.07, 6.45) is -2.99. The zero-order valence-electron chi connectivity index (χ0n) is 19.8. The normalized spacial score (nSPS) is 13.7. The maximum Gasteiger partial charge on any atom is 0.419 e. The molecule has 3 aromatic rings. The second-order valence-corrected chi connectivity index (χ2v) is 9.30. The van der Waals surface area contributed by atoms with Gasteiger partial charge in [0, 0.05) is 0 Å². The Kier molecular flexibility index (Phi) is 10.1. The van der Waals surface area contributed by atoms with E-state index in [0.29, 0.717) is 18.4 Å². The standard InChI is InChI=1S/C27H31F3NO4P/c28-27(29,30)24-17-21(13-14-26(31,18-32)19-35-36-33)11-12-25(24)34-15-5-7-20-6-4-10-23(16-20)22-8-2-1-3-9-22/h1-4,6,8-12,16-17,32H,5,7,13-15,18-19,31,36H2. The van der Waals surface area contributed by atoms with Gasteiger partial charge in [0.05, 0.1) is 30.9 Å². The van der Waals surface area contributed by atoms with E-state index >= 15 is 0 Å². The zero-order chi connectivity index (χ0) is 26.0. The monoisotopic (exact) mass is 521 g/mol. The Balaban J connectivity index is 1.60. The largest absolute Gasteiger partial charge is 0.493 e. The molecule has 0 bridgehead atoms. The van der Waals surface area contributed by atoms with Crippen LogP contribution < -0.4 is 10.5 Å². The molecule has 2 atom stereocenters. The van der Waals surface area contributed by atoms with E-state index in [9.17, 15) is 22.8 Å². The Morgan fingerprint density at radius 2 is 1.61 bits per heavy atom. The summed E-state index contributed by atoms with van der Waals surface area (Å²) in [6.45, 7) is -0.429. The highest BCUT2D eigenvalue weighted by atomic mass is 31.1. The highest BCUT2D eigenvalue weighted by Crippen LogP contribution is 2.37. The number of aliphatic hydroxyl groups is 1. The minimum Gasteiger partial charge on any atom is -0.493 e. The topological polar surface area (TPSA) is 81.8 Å². The van der Waals surface area contributed by atoms with Crippen LogP contribution in [0.25, 0.3) is 11.1 Å². The lowest BCUT2D eigenvalue weighted by Gasteiger charge is -2.26. The number of hydrogen-bond acceptors (Lipinski definition) is 5. The van der Waals surface area contributed by atoms with Gasteiger partial charge in [0.2, 0.25) is 0 Å². The molecule has 0 aliphatic rings. The van der Waals surface area contributed by atoms with Gasteiger partial charge < -0.3 is 20.1 Å². The minimum absolute atomic E-state index is 0.135. The van der Waals surface area contributed by atoms with E-state index in [1.807, 2.05) is 48.5 Å². The zero-order valence-corrected chi connectivity index (χ0v) is 21.0. The van der Waals surface area contributed by atoms with Crippen LogP contribution in [0.2, 0.25) is 0 Å². The Hall–Kier alpha value is -2.64. The number of benzene rings is 3. The smallest absolute Gasteiger partial charge is 0.419 e. The number of aryl methyl sites for hydroxylation is 2. The maximum atomic E-state index is 13.7. The highest BCUT2D eigenvalue weighted by Gasteiger charge is 2.35. The molecule has 0 aromatic heterocycles. The van der Waals surface area contributed by atoms with Crippen LogP contribution in [0.15, 0.2) is 72.8 Å². The first-order chi connectivity index (χ1) is 17.2. The number of ether oxygens (including phenoxy) is 1. The quantitative estimate of drug-likeness (QED) is 0.223. The molecule has 3 aromatic carbocycles. The number of alkyl halides is 3. The first kappa shape index (κ1) is 27.9. The van der Waals surface area contributed by atoms with Gasteiger partial charge in [-0.2, -0.15) is 13.2 Å². The van der Waals surface area contributed by atoms with Crippen molar-refractivity contribution in [1.29, 1.82) is 0 Å². The summed E-state index contributed by atoms with van der Waals surface area (Å²) in [7, 11) is -1.48. The van der Waals surface area contributed by atoms with Crippen molar-refractivity contribution in [3.63, 3.8) is 0 Å². The maximum absolute atomic E-state index is 13.7. The number of aliphatic hydroxyl groups excluding tert-OH is 1. The molecule has 0 radical (unpaired) electrons. The molecule has 0 saturated heterocycles. The molecule has 9 heteroatoms. The highest BCUT2D eigenvalue weighted by molar-refractivity contribution is 7.17. The van der Waals surface area contributed by atoms with E-state index in [1.54, 1.807) is 6.07 Å². The van der Waals surface area contributed by atoms with Gasteiger partial charge >= 0.3 is 6.18 Å². The fourth-order valence-electron chi connectivity index (χ4n) is 3.87. The molecule has 194 valence electrons. The minimum atomic E-state index is -4.58. The second-order valence-electron chi connectivity index (χ2n) is 8.77. The molecule has 2 unspecified atom stereocenters. The Morgan fingerprint density at radius 3 is 2.31 bits per heavy atom. The fraction of sp³-hybridized carbons (Fsp3) is 0.333. The second kappa shape index (κ2) is 13.1. The van der Waals surface area contributed by atoms with Gasteiger partial charge in [0.1, 0.15) is 5.75 Å². The van der Waals surface area contributed by atoms with Crippen LogP contribution in [0.5, 0.6) is 5.75 Å². The summed E-state index contributed by atoms with van der Waals surface area (Å²) in [4.78, 5) is 0. The molecule has 3 N–H and O–H groups in total. The third kappa shape index (κ3) is 8.20. The van der Waals surface area contributed by atoms with Crippen molar-refractivity contribution in [3.05, 3.63) is 89.5 Å². The lowest BCUT2D eigenvalue weighted by Crippen LogP contribution is -2.47. The molecular weight excluding hydrogens is 490 g/mol. The molecule has 36 heavy (non-hydrogen) atoms. The van der Waals surface area contributed by atoms with Gasteiger partial charge in [-0.05, 0) is 60.1 Å².